The van der Waals surface area contributed by atoms with Gasteiger partial charge in [0.1, 0.15) is 0 Å². The van der Waals surface area contributed by atoms with Crippen molar-refractivity contribution < 1.29 is 4.43 Å². The highest BCUT2D eigenvalue weighted by molar-refractivity contribution is 6.69. The summed E-state index contributed by atoms with van der Waals surface area (Å²) in [7, 11) is -1.43. The molecule has 4 unspecified atom stereocenters. The van der Waals surface area contributed by atoms with Crippen LogP contribution in [0.15, 0.2) is 9.98 Å². The van der Waals surface area contributed by atoms with Crippen LogP contribution in [0.5, 0.6) is 0 Å². The van der Waals surface area contributed by atoms with Gasteiger partial charge >= 0.3 is 0 Å². The van der Waals surface area contributed by atoms with Crippen LogP contribution in [0.2, 0.25) is 19.6 Å². The van der Waals surface area contributed by atoms with Crippen molar-refractivity contribution >= 4 is 19.7 Å². The topological polar surface area (TPSA) is 34.0 Å². The van der Waals surface area contributed by atoms with Gasteiger partial charge in [0.05, 0.1) is 23.5 Å². The van der Waals surface area contributed by atoms with Crippen molar-refractivity contribution in [2.75, 3.05) is 6.61 Å². The molecule has 2 rings (SSSR count). The lowest BCUT2D eigenvalue weighted by Crippen LogP contribution is -2.35. The van der Waals surface area contributed by atoms with E-state index in [0.717, 1.165) is 49.5 Å². The normalized spacial score (nSPS) is 31.6. The Balaban J connectivity index is 2.27. The second-order valence-corrected chi connectivity index (χ2v) is 16.7. The third-order valence-electron chi connectivity index (χ3n) is 8.74. The van der Waals surface area contributed by atoms with Gasteiger partial charge in [0.25, 0.3) is 0 Å². The van der Waals surface area contributed by atoms with Crippen molar-refractivity contribution in [2.45, 2.75) is 150 Å². The monoisotopic (exact) mass is 490 g/mol. The average molecular weight is 491 g/mol. The fourth-order valence-electron chi connectivity index (χ4n) is 6.53. The number of rotatable bonds is 13. The predicted molar refractivity (Wildman–Crippen MR) is 154 cm³/mol. The number of unbranched alkanes of at least 4 members (excludes halogenated alkanes) is 1. The Morgan fingerprint density at radius 2 is 1.15 bits per heavy atom. The van der Waals surface area contributed by atoms with Crippen molar-refractivity contribution in [3.05, 3.63) is 0 Å². The fourth-order valence-corrected chi connectivity index (χ4v) is 7.29. The van der Waals surface area contributed by atoms with Crippen molar-refractivity contribution in [1.29, 1.82) is 0 Å². The summed E-state index contributed by atoms with van der Waals surface area (Å²) in [4.78, 5) is 11.1. The first-order chi connectivity index (χ1) is 16.2. The maximum Gasteiger partial charge on any atom is 0.183 e. The Morgan fingerprint density at radius 1 is 0.706 bits per heavy atom. The van der Waals surface area contributed by atoms with Gasteiger partial charge in [0.2, 0.25) is 0 Å². The van der Waals surface area contributed by atoms with Crippen LogP contribution in [0.4, 0.5) is 0 Å². The maximum absolute atomic E-state index is 6.14. The highest BCUT2D eigenvalue weighted by Crippen LogP contribution is 2.37. The van der Waals surface area contributed by atoms with Crippen LogP contribution < -0.4 is 0 Å². The van der Waals surface area contributed by atoms with Gasteiger partial charge in [0.15, 0.2) is 8.32 Å². The van der Waals surface area contributed by atoms with E-state index in [2.05, 4.69) is 54.3 Å². The van der Waals surface area contributed by atoms with Gasteiger partial charge in [-0.3, -0.25) is 9.98 Å². The number of nitrogens with zero attached hydrogens (tertiary/aromatic N) is 2. The fraction of sp³-hybridized carbons (Fsp3) is 0.933. The van der Waals surface area contributed by atoms with Crippen molar-refractivity contribution in [3.63, 3.8) is 0 Å². The molecule has 2 aliphatic rings. The maximum atomic E-state index is 6.14. The third-order valence-corrected chi connectivity index (χ3v) is 9.81. The van der Waals surface area contributed by atoms with Crippen LogP contribution in [0.25, 0.3) is 0 Å². The van der Waals surface area contributed by atoms with E-state index in [4.69, 9.17) is 14.4 Å². The van der Waals surface area contributed by atoms with Gasteiger partial charge in [0, 0.05) is 6.61 Å². The van der Waals surface area contributed by atoms with Crippen molar-refractivity contribution in [3.8, 4) is 0 Å². The number of hydrogen-bond donors (Lipinski definition) is 0. The van der Waals surface area contributed by atoms with Crippen LogP contribution in [-0.4, -0.2) is 38.4 Å². The molecular weight excluding hydrogens is 432 g/mol. The van der Waals surface area contributed by atoms with E-state index < -0.39 is 8.32 Å². The van der Waals surface area contributed by atoms with Crippen LogP contribution in [0.1, 0.15) is 118 Å². The minimum absolute atomic E-state index is 0.498. The molecular formula is C30H58N2OSi. The van der Waals surface area contributed by atoms with Crippen molar-refractivity contribution in [2.24, 2.45) is 33.7 Å². The molecule has 4 heteroatoms. The Kier molecular flexibility index (Phi) is 13.1. The number of aliphatic imine (C=N–C) groups is 2. The molecule has 2 saturated carbocycles. The van der Waals surface area contributed by atoms with Crippen LogP contribution in [-0.2, 0) is 4.43 Å². The molecule has 2 fully saturated rings. The molecule has 198 valence electrons. The lowest BCUT2D eigenvalue weighted by molar-refractivity contribution is 0.211. The first-order valence-corrected chi connectivity index (χ1v) is 18.4. The minimum atomic E-state index is -1.43. The Labute approximate surface area is 214 Å². The van der Waals surface area contributed by atoms with Crippen LogP contribution in [0.3, 0.4) is 0 Å². The Hall–Kier alpha value is -0.483. The predicted octanol–water partition coefficient (Wildman–Crippen LogP) is 9.12. The average Bonchev–Trinajstić information content (AvgIpc) is 2.82. The molecule has 3 nitrogen and oxygen atoms in total. The van der Waals surface area contributed by atoms with E-state index in [-0.39, 0.29) is 0 Å². The zero-order valence-electron chi connectivity index (χ0n) is 24.2. The summed E-state index contributed by atoms with van der Waals surface area (Å²) in [6, 6.07) is 0.997. The molecule has 0 heterocycles. The van der Waals surface area contributed by atoms with E-state index in [0.29, 0.717) is 12.1 Å². The SMILES string of the molecule is CCC1CCCC(CC)C1N=C(C)C(CCCCO[Si](C)(C)C)=NC1C(CC)CCCC1CC. The Morgan fingerprint density at radius 3 is 1.56 bits per heavy atom. The Bertz CT molecular complexity index is 614. The van der Waals surface area contributed by atoms with Gasteiger partial charge in [-0.2, -0.15) is 0 Å². The molecule has 0 radical (unpaired) electrons. The lowest BCUT2D eigenvalue weighted by atomic mass is 9.74. The molecule has 0 bridgehead atoms. The second-order valence-electron chi connectivity index (χ2n) is 12.2. The third kappa shape index (κ3) is 9.19. The highest BCUT2D eigenvalue weighted by atomic mass is 28.4. The van der Waals surface area contributed by atoms with Crippen LogP contribution >= 0.6 is 0 Å². The van der Waals surface area contributed by atoms with Gasteiger partial charge in [-0.15, -0.1) is 0 Å². The lowest BCUT2D eigenvalue weighted by Gasteiger charge is -2.36. The van der Waals surface area contributed by atoms with E-state index >= 15 is 0 Å². The summed E-state index contributed by atoms with van der Waals surface area (Å²) < 4.78 is 6.14. The summed E-state index contributed by atoms with van der Waals surface area (Å²) >= 11 is 0. The molecule has 0 aromatic rings. The van der Waals surface area contributed by atoms with Crippen LogP contribution in [0, 0.1) is 23.7 Å². The zero-order chi connectivity index (χ0) is 25.1. The van der Waals surface area contributed by atoms with E-state index in [1.165, 1.54) is 75.6 Å². The first-order valence-electron chi connectivity index (χ1n) is 15.0. The number of hydrogen-bond acceptors (Lipinski definition) is 3. The molecule has 0 aromatic carbocycles. The molecule has 0 saturated heterocycles. The van der Waals surface area contributed by atoms with Gasteiger partial charge in [-0.05, 0) is 95.2 Å². The summed E-state index contributed by atoms with van der Waals surface area (Å²) in [6.07, 6.45) is 16.6. The van der Waals surface area contributed by atoms with Gasteiger partial charge < -0.3 is 4.43 Å². The molecule has 34 heavy (non-hydrogen) atoms. The van der Waals surface area contributed by atoms with E-state index in [1.54, 1.807) is 0 Å². The zero-order valence-corrected chi connectivity index (χ0v) is 25.2. The molecule has 4 atom stereocenters. The highest BCUT2D eigenvalue weighted by Gasteiger charge is 2.33. The molecule has 0 aliphatic heterocycles. The smallest absolute Gasteiger partial charge is 0.183 e. The quantitative estimate of drug-likeness (QED) is 0.144. The molecule has 0 N–H and O–H groups in total. The standard InChI is InChI=1S/C30H58N2OSi/c1-9-24-17-15-18-25(10-2)29(24)31-23(5)28(21-13-14-22-33-34(6,7)8)32-30-26(11-3)19-16-20-27(30)12-4/h24-27,29-30H,9-22H2,1-8H3. The summed E-state index contributed by atoms with van der Waals surface area (Å²) in [5.41, 5.74) is 2.58. The summed E-state index contributed by atoms with van der Waals surface area (Å²) in [5.74, 6) is 3.00. The summed E-state index contributed by atoms with van der Waals surface area (Å²) in [6.45, 7) is 19.5. The van der Waals surface area contributed by atoms with E-state index in [9.17, 15) is 0 Å². The molecule has 0 spiro atoms. The van der Waals surface area contributed by atoms with Gasteiger partial charge in [-0.25, -0.2) is 0 Å². The van der Waals surface area contributed by atoms with E-state index in [1.807, 2.05) is 0 Å². The molecule has 0 aromatic heterocycles. The van der Waals surface area contributed by atoms with Gasteiger partial charge in [-0.1, -0.05) is 66.2 Å². The first kappa shape index (κ1) is 29.7. The largest absolute Gasteiger partial charge is 0.418 e. The summed E-state index contributed by atoms with van der Waals surface area (Å²) in [5, 5.41) is 0. The molecule has 0 amide bonds. The molecule has 2 aliphatic carbocycles. The van der Waals surface area contributed by atoms with Crippen molar-refractivity contribution in [1.82, 2.24) is 0 Å². The second kappa shape index (κ2) is 14.9. The minimum Gasteiger partial charge on any atom is -0.418 e.